The molecule has 27 heavy (non-hydrogen) atoms. The third-order valence-corrected chi connectivity index (χ3v) is 3.61. The van der Waals surface area contributed by atoms with Gasteiger partial charge in [-0.15, -0.1) is 0 Å². The van der Waals surface area contributed by atoms with Crippen molar-refractivity contribution in [1.29, 1.82) is 0 Å². The summed E-state index contributed by atoms with van der Waals surface area (Å²) in [6.45, 7) is 5.89. The molecule has 0 aliphatic carbocycles. The number of rotatable bonds is 8. The Bertz CT molecular complexity index is 653. The second-order valence-electron chi connectivity index (χ2n) is 7.64. The summed E-state index contributed by atoms with van der Waals surface area (Å²) in [6.07, 6.45) is 0. The first-order valence-electron chi connectivity index (χ1n) is 8.80. The van der Waals surface area contributed by atoms with Crippen LogP contribution in [0.3, 0.4) is 0 Å². The summed E-state index contributed by atoms with van der Waals surface area (Å²) in [5, 5.41) is 5.59. The van der Waals surface area contributed by atoms with E-state index in [1.807, 2.05) is 20.8 Å². The number of likely N-dealkylation sites (N-methyl/N-ethyl adjacent to an activating group) is 2. The van der Waals surface area contributed by atoms with Gasteiger partial charge in [-0.1, -0.05) is 0 Å². The summed E-state index contributed by atoms with van der Waals surface area (Å²) < 4.78 is 5.07. The van der Waals surface area contributed by atoms with E-state index in [4.69, 9.17) is 4.74 Å². The molecular formula is C19H31N4O4+. The molecule has 1 aromatic rings. The fraction of sp³-hybridized carbons (Fsp3) is 0.526. The normalized spacial score (nSPS) is 12.1. The maximum Gasteiger partial charge on any atom is 0.279 e. The van der Waals surface area contributed by atoms with Crippen molar-refractivity contribution >= 4 is 23.4 Å². The van der Waals surface area contributed by atoms with Gasteiger partial charge in [0, 0.05) is 18.3 Å². The van der Waals surface area contributed by atoms with E-state index in [0.29, 0.717) is 11.4 Å². The zero-order chi connectivity index (χ0) is 20.6. The molecule has 0 spiro atoms. The van der Waals surface area contributed by atoms with Crippen LogP contribution in [-0.4, -0.2) is 69.0 Å². The van der Waals surface area contributed by atoms with Crippen molar-refractivity contribution in [2.75, 3.05) is 46.2 Å². The zero-order valence-electron chi connectivity index (χ0n) is 17.0. The third-order valence-electron chi connectivity index (χ3n) is 3.61. The molecule has 0 radical (unpaired) electrons. The highest BCUT2D eigenvalue weighted by Gasteiger charge is 2.21. The van der Waals surface area contributed by atoms with Crippen LogP contribution in [0.25, 0.3) is 0 Å². The number of hydrogen-bond acceptors (Lipinski definition) is 4. The molecule has 1 atom stereocenters. The highest BCUT2D eigenvalue weighted by molar-refractivity contribution is 5.91. The Morgan fingerprint density at radius 3 is 2.19 bits per heavy atom. The molecule has 0 saturated carbocycles. The molecule has 150 valence electrons. The van der Waals surface area contributed by atoms with Crippen molar-refractivity contribution in [2.24, 2.45) is 0 Å². The Morgan fingerprint density at radius 1 is 1.07 bits per heavy atom. The van der Waals surface area contributed by atoms with E-state index in [1.54, 1.807) is 45.5 Å². The third kappa shape index (κ3) is 9.05. The van der Waals surface area contributed by atoms with E-state index in [1.165, 1.54) is 4.90 Å². The largest absolute Gasteiger partial charge is 0.497 e. The van der Waals surface area contributed by atoms with Gasteiger partial charge in [-0.2, -0.15) is 0 Å². The first-order chi connectivity index (χ1) is 12.5. The number of ether oxygens (including phenoxy) is 1. The second kappa shape index (κ2) is 9.91. The summed E-state index contributed by atoms with van der Waals surface area (Å²) in [7, 11) is 4.91. The fourth-order valence-electron chi connectivity index (χ4n) is 2.37. The van der Waals surface area contributed by atoms with Crippen LogP contribution in [-0.2, 0) is 14.4 Å². The lowest BCUT2D eigenvalue weighted by Gasteiger charge is -2.24. The molecule has 0 bridgehead atoms. The summed E-state index contributed by atoms with van der Waals surface area (Å²) in [4.78, 5) is 38.4. The van der Waals surface area contributed by atoms with Crippen molar-refractivity contribution in [3.63, 3.8) is 0 Å². The summed E-state index contributed by atoms with van der Waals surface area (Å²) in [5.41, 5.74) is 0.318. The van der Waals surface area contributed by atoms with E-state index < -0.39 is 0 Å². The molecule has 0 heterocycles. The van der Waals surface area contributed by atoms with Gasteiger partial charge in [0.25, 0.3) is 11.8 Å². The molecule has 0 fully saturated rings. The summed E-state index contributed by atoms with van der Waals surface area (Å²) in [6, 6.07) is 7.01. The smallest absolute Gasteiger partial charge is 0.279 e. The predicted octanol–water partition coefficient (Wildman–Crippen LogP) is -0.478. The van der Waals surface area contributed by atoms with E-state index in [2.05, 4.69) is 10.6 Å². The SMILES string of the molecule is COc1ccc(NC(=O)C[NH+](C)CC(=O)N(C)CC(=O)NC(C)(C)C)cc1. The molecule has 0 aliphatic rings. The number of benzene rings is 1. The topological polar surface area (TPSA) is 92.2 Å². The van der Waals surface area contributed by atoms with E-state index in [9.17, 15) is 14.4 Å². The Morgan fingerprint density at radius 2 is 1.67 bits per heavy atom. The van der Waals surface area contributed by atoms with Crippen molar-refractivity contribution in [3.05, 3.63) is 24.3 Å². The van der Waals surface area contributed by atoms with Crippen LogP contribution in [0.2, 0.25) is 0 Å². The summed E-state index contributed by atoms with van der Waals surface area (Å²) in [5.74, 6) is 0.0977. The number of nitrogens with zero attached hydrogens (tertiary/aromatic N) is 1. The maximum atomic E-state index is 12.2. The molecule has 3 amide bonds. The highest BCUT2D eigenvalue weighted by Crippen LogP contribution is 2.14. The highest BCUT2D eigenvalue weighted by atomic mass is 16.5. The van der Waals surface area contributed by atoms with Gasteiger partial charge < -0.3 is 25.2 Å². The first kappa shape index (κ1) is 22.4. The average Bonchev–Trinajstić information content (AvgIpc) is 2.53. The van der Waals surface area contributed by atoms with E-state index >= 15 is 0 Å². The number of methoxy groups -OCH3 is 1. The molecule has 8 nitrogen and oxygen atoms in total. The maximum absolute atomic E-state index is 12.2. The Kier molecular flexibility index (Phi) is 8.24. The summed E-state index contributed by atoms with van der Waals surface area (Å²) >= 11 is 0. The van der Waals surface area contributed by atoms with Crippen molar-refractivity contribution in [3.8, 4) is 5.75 Å². The molecule has 0 saturated heterocycles. The number of carbonyl (C=O) groups excluding carboxylic acids is 3. The Labute approximate surface area is 160 Å². The number of nitrogens with one attached hydrogen (secondary N) is 3. The van der Waals surface area contributed by atoms with Gasteiger partial charge in [-0.3, -0.25) is 14.4 Å². The number of quaternary nitrogens is 1. The van der Waals surface area contributed by atoms with Gasteiger partial charge in [0.15, 0.2) is 13.1 Å². The number of amides is 3. The van der Waals surface area contributed by atoms with Crippen LogP contribution >= 0.6 is 0 Å². The van der Waals surface area contributed by atoms with Crippen LogP contribution in [0.1, 0.15) is 20.8 Å². The van der Waals surface area contributed by atoms with Gasteiger partial charge in [0.2, 0.25) is 5.91 Å². The Balaban J connectivity index is 2.42. The quantitative estimate of drug-likeness (QED) is 0.569. The minimum absolute atomic E-state index is 0.0125. The predicted molar refractivity (Wildman–Crippen MR) is 104 cm³/mol. The number of hydrogen-bond donors (Lipinski definition) is 3. The average molecular weight is 379 g/mol. The molecule has 1 aromatic carbocycles. The molecule has 8 heteroatoms. The lowest BCUT2D eigenvalue weighted by atomic mass is 10.1. The minimum atomic E-state index is -0.345. The number of carbonyl (C=O) groups is 3. The van der Waals surface area contributed by atoms with Gasteiger partial charge >= 0.3 is 0 Å². The Hall–Kier alpha value is -2.61. The van der Waals surface area contributed by atoms with Crippen LogP contribution in [0, 0.1) is 0 Å². The van der Waals surface area contributed by atoms with Crippen LogP contribution in [0.5, 0.6) is 5.75 Å². The first-order valence-corrected chi connectivity index (χ1v) is 8.80. The van der Waals surface area contributed by atoms with Gasteiger partial charge in [-0.25, -0.2) is 0 Å². The molecule has 0 aromatic heterocycles. The second-order valence-corrected chi connectivity index (χ2v) is 7.64. The minimum Gasteiger partial charge on any atom is -0.497 e. The van der Waals surface area contributed by atoms with Gasteiger partial charge in [0.1, 0.15) is 5.75 Å². The molecule has 3 N–H and O–H groups in total. The van der Waals surface area contributed by atoms with Crippen LogP contribution in [0.15, 0.2) is 24.3 Å². The monoisotopic (exact) mass is 379 g/mol. The fourth-order valence-corrected chi connectivity index (χ4v) is 2.37. The van der Waals surface area contributed by atoms with Crippen LogP contribution < -0.4 is 20.3 Å². The molecule has 1 unspecified atom stereocenters. The van der Waals surface area contributed by atoms with Crippen LogP contribution in [0.4, 0.5) is 5.69 Å². The van der Waals surface area contributed by atoms with Gasteiger partial charge in [-0.05, 0) is 45.0 Å². The molecular weight excluding hydrogens is 348 g/mol. The zero-order valence-corrected chi connectivity index (χ0v) is 17.0. The molecule has 1 rings (SSSR count). The van der Waals surface area contributed by atoms with E-state index in [-0.39, 0.29) is 42.9 Å². The lowest BCUT2D eigenvalue weighted by molar-refractivity contribution is -0.862. The van der Waals surface area contributed by atoms with Crippen molar-refractivity contribution in [2.45, 2.75) is 26.3 Å². The lowest BCUT2D eigenvalue weighted by Crippen LogP contribution is -3.11. The van der Waals surface area contributed by atoms with Crippen molar-refractivity contribution in [1.82, 2.24) is 10.2 Å². The standard InChI is InChI=1S/C19H30N4O4/c1-19(2,3)21-17(25)12-23(5)18(26)13-22(4)11-16(24)20-14-7-9-15(27-6)10-8-14/h7-10H,11-13H2,1-6H3,(H,20,24)(H,21,25)/p+1. The molecule has 0 aliphatic heterocycles. The van der Waals surface area contributed by atoms with Crippen molar-refractivity contribution < 1.29 is 24.0 Å². The van der Waals surface area contributed by atoms with Gasteiger partial charge in [0.05, 0.1) is 20.7 Å². The number of anilines is 1. The van der Waals surface area contributed by atoms with E-state index in [0.717, 1.165) is 4.90 Å².